The minimum atomic E-state index is -3.55. The lowest BCUT2D eigenvalue weighted by molar-refractivity contribution is -0.145. The van der Waals surface area contributed by atoms with Gasteiger partial charge in [0.2, 0.25) is 10.0 Å². The van der Waals surface area contributed by atoms with Crippen molar-refractivity contribution in [2.24, 2.45) is 11.8 Å². The first-order chi connectivity index (χ1) is 10.3. The maximum Gasteiger partial charge on any atom is 0.312 e. The van der Waals surface area contributed by atoms with Gasteiger partial charge in [-0.15, -0.1) is 0 Å². The van der Waals surface area contributed by atoms with Crippen LogP contribution in [0.2, 0.25) is 0 Å². The Morgan fingerprint density at radius 1 is 1.26 bits per heavy atom. The Morgan fingerprint density at radius 3 is 2.17 bits per heavy atom. The van der Waals surface area contributed by atoms with E-state index in [0.717, 1.165) is 0 Å². The Balaban J connectivity index is 5.36. The van der Waals surface area contributed by atoms with Gasteiger partial charge in [-0.05, 0) is 47.0 Å². The fraction of sp³-hybridized carbons (Fsp3) is 0.812. The molecule has 0 unspecified atom stereocenters. The molecular weight excluding hydrogens is 338 g/mol. The zero-order valence-corrected chi connectivity index (χ0v) is 16.7. The van der Waals surface area contributed by atoms with E-state index >= 15 is 0 Å². The number of esters is 1. The van der Waals surface area contributed by atoms with Crippen LogP contribution in [0.3, 0.4) is 0 Å². The summed E-state index contributed by atoms with van der Waals surface area (Å²) in [5.74, 6) is -0.674. The van der Waals surface area contributed by atoms with E-state index in [1.54, 1.807) is 40.7 Å². The number of rotatable bonds is 8. The van der Waals surface area contributed by atoms with Gasteiger partial charge >= 0.3 is 5.97 Å². The molecule has 0 fully saturated rings. The van der Waals surface area contributed by atoms with E-state index in [2.05, 4.69) is 4.72 Å². The first kappa shape index (κ1) is 22.4. The smallest absolute Gasteiger partial charge is 0.312 e. The minimum absolute atomic E-state index is 0.239. The van der Waals surface area contributed by atoms with Crippen molar-refractivity contribution < 1.29 is 17.9 Å². The molecule has 0 radical (unpaired) electrons. The molecule has 0 aromatic carbocycles. The molecule has 0 aliphatic rings. The normalized spacial score (nSPS) is 16.3. The molecule has 5 nitrogen and oxygen atoms in total. The van der Waals surface area contributed by atoms with Crippen molar-refractivity contribution in [2.75, 3.05) is 6.61 Å². The summed E-state index contributed by atoms with van der Waals surface area (Å²) in [5.41, 5.74) is 0. The molecule has 0 aliphatic carbocycles. The second-order valence-corrected chi connectivity index (χ2v) is 9.91. The quantitative estimate of drug-likeness (QED) is 0.667. The lowest BCUT2D eigenvalue weighted by Crippen LogP contribution is -2.45. The molecule has 0 amide bonds. The van der Waals surface area contributed by atoms with Crippen LogP contribution in [0.4, 0.5) is 0 Å². The minimum Gasteiger partial charge on any atom is -0.466 e. The zero-order chi connectivity index (χ0) is 18.4. The number of halogens is 1. The molecule has 136 valence electrons. The highest BCUT2D eigenvalue weighted by molar-refractivity contribution is 7.90. The lowest BCUT2D eigenvalue weighted by Gasteiger charge is -2.26. The van der Waals surface area contributed by atoms with Gasteiger partial charge in [-0.25, -0.2) is 13.1 Å². The highest BCUT2D eigenvalue weighted by Gasteiger charge is 2.32. The summed E-state index contributed by atoms with van der Waals surface area (Å²) in [6.07, 6.45) is 2.10. The molecule has 0 spiro atoms. The number of carbonyl (C=O) groups excluding carboxylic acids is 1. The number of hydrogen-bond acceptors (Lipinski definition) is 4. The highest BCUT2D eigenvalue weighted by atomic mass is 35.5. The molecule has 0 saturated heterocycles. The van der Waals surface area contributed by atoms with Crippen LogP contribution in [0.15, 0.2) is 11.1 Å². The second-order valence-electron chi connectivity index (χ2n) is 7.01. The van der Waals surface area contributed by atoms with Crippen molar-refractivity contribution in [3.63, 3.8) is 0 Å². The van der Waals surface area contributed by atoms with Gasteiger partial charge in [0.25, 0.3) is 0 Å². The molecule has 0 heterocycles. The Bertz CT molecular complexity index is 521. The molecule has 0 aromatic rings. The summed E-state index contributed by atoms with van der Waals surface area (Å²) in [7, 11) is -3.55. The molecule has 2 atom stereocenters. The van der Waals surface area contributed by atoms with Crippen LogP contribution >= 0.6 is 11.6 Å². The summed E-state index contributed by atoms with van der Waals surface area (Å²) in [5, 5.41) is 0.312. The van der Waals surface area contributed by atoms with Crippen molar-refractivity contribution in [2.45, 2.75) is 65.7 Å². The van der Waals surface area contributed by atoms with Crippen molar-refractivity contribution in [3.05, 3.63) is 11.1 Å². The molecular formula is C16H30ClNO4S. The van der Waals surface area contributed by atoms with Crippen LogP contribution in [-0.2, 0) is 19.6 Å². The van der Waals surface area contributed by atoms with Crippen molar-refractivity contribution >= 4 is 27.6 Å². The predicted octanol–water partition coefficient (Wildman–Crippen LogP) is 3.44. The van der Waals surface area contributed by atoms with Crippen molar-refractivity contribution in [1.82, 2.24) is 4.72 Å². The van der Waals surface area contributed by atoms with Crippen LogP contribution in [0.5, 0.6) is 0 Å². The first-order valence-electron chi connectivity index (χ1n) is 7.87. The van der Waals surface area contributed by atoms with Gasteiger partial charge in [-0.3, -0.25) is 4.79 Å². The SMILES string of the molecule is CCOC(=O)[C@H](C)/C=C(\Cl)[C@H](CC(C)C)NS(=O)(=O)C(C)(C)C. The molecule has 1 N–H and O–H groups in total. The monoisotopic (exact) mass is 367 g/mol. The summed E-state index contributed by atoms with van der Waals surface area (Å²) in [6.45, 7) is 12.5. The third kappa shape index (κ3) is 7.68. The molecule has 0 saturated carbocycles. The number of nitrogens with one attached hydrogen (secondary N) is 1. The van der Waals surface area contributed by atoms with E-state index in [-0.39, 0.29) is 11.9 Å². The molecule has 0 rings (SSSR count). The first-order valence-corrected chi connectivity index (χ1v) is 9.73. The average molecular weight is 368 g/mol. The predicted molar refractivity (Wildman–Crippen MR) is 94.8 cm³/mol. The largest absolute Gasteiger partial charge is 0.466 e. The number of sulfonamides is 1. The molecule has 7 heteroatoms. The van der Waals surface area contributed by atoms with Gasteiger partial charge in [0.1, 0.15) is 0 Å². The maximum atomic E-state index is 12.4. The van der Waals surface area contributed by atoms with E-state index in [1.165, 1.54) is 0 Å². The lowest BCUT2D eigenvalue weighted by atomic mass is 10.0. The zero-order valence-electron chi connectivity index (χ0n) is 15.1. The van der Waals surface area contributed by atoms with E-state index in [9.17, 15) is 13.2 Å². The van der Waals surface area contributed by atoms with E-state index in [1.807, 2.05) is 13.8 Å². The summed E-state index contributed by atoms with van der Waals surface area (Å²) in [6, 6.07) is -0.558. The van der Waals surface area contributed by atoms with Crippen LogP contribution in [0.1, 0.15) is 54.9 Å². The molecule has 23 heavy (non-hydrogen) atoms. The highest BCUT2D eigenvalue weighted by Crippen LogP contribution is 2.23. The number of hydrogen-bond donors (Lipinski definition) is 1. The van der Waals surface area contributed by atoms with Crippen LogP contribution < -0.4 is 4.72 Å². The van der Waals surface area contributed by atoms with Gasteiger partial charge in [0.15, 0.2) is 0 Å². The molecule has 0 aromatic heterocycles. The third-order valence-corrected chi connectivity index (χ3v) is 5.81. The van der Waals surface area contributed by atoms with Crippen LogP contribution in [-0.4, -0.2) is 31.8 Å². The Morgan fingerprint density at radius 2 is 1.78 bits per heavy atom. The summed E-state index contributed by atoms with van der Waals surface area (Å²) >= 11 is 6.31. The Hall–Kier alpha value is -0.590. The van der Waals surface area contributed by atoms with Gasteiger partial charge in [-0.1, -0.05) is 31.5 Å². The number of carbonyl (C=O) groups is 1. The number of ether oxygens (including phenoxy) is 1. The van der Waals surface area contributed by atoms with Gasteiger partial charge in [0.05, 0.1) is 23.3 Å². The molecule has 0 aliphatic heterocycles. The topological polar surface area (TPSA) is 72.5 Å². The summed E-state index contributed by atoms with van der Waals surface area (Å²) < 4.78 is 31.4. The molecule has 0 bridgehead atoms. The Labute approximate surface area is 145 Å². The summed E-state index contributed by atoms with van der Waals surface area (Å²) in [4.78, 5) is 11.7. The fourth-order valence-electron chi connectivity index (χ4n) is 1.75. The van der Waals surface area contributed by atoms with E-state index in [0.29, 0.717) is 18.1 Å². The van der Waals surface area contributed by atoms with Gasteiger partial charge in [0, 0.05) is 5.03 Å². The average Bonchev–Trinajstić information content (AvgIpc) is 2.35. The standard InChI is InChI=1S/C16H30ClNO4S/c1-8-22-15(19)12(4)10-13(17)14(9-11(2)3)18-23(20,21)16(5,6)7/h10-12,14,18H,8-9H2,1-7H3/b13-10-/t12-,14+/m1/s1. The van der Waals surface area contributed by atoms with Gasteiger partial charge in [-0.2, -0.15) is 0 Å². The van der Waals surface area contributed by atoms with Crippen molar-refractivity contribution in [1.29, 1.82) is 0 Å². The second kappa shape index (κ2) is 9.04. The van der Waals surface area contributed by atoms with Crippen LogP contribution in [0.25, 0.3) is 0 Å². The Kier molecular flexibility index (Phi) is 8.81. The third-order valence-electron chi connectivity index (χ3n) is 3.21. The van der Waals surface area contributed by atoms with Gasteiger partial charge < -0.3 is 4.74 Å². The maximum absolute atomic E-state index is 12.4. The van der Waals surface area contributed by atoms with E-state index < -0.39 is 26.7 Å². The van der Waals surface area contributed by atoms with Crippen molar-refractivity contribution in [3.8, 4) is 0 Å². The van der Waals surface area contributed by atoms with E-state index in [4.69, 9.17) is 16.3 Å². The van der Waals surface area contributed by atoms with Crippen LogP contribution in [0, 0.1) is 11.8 Å². The fourth-order valence-corrected chi connectivity index (χ4v) is 3.10.